The number of aliphatic imine (C=N–C) groups is 1. The van der Waals surface area contributed by atoms with Gasteiger partial charge in [-0.3, -0.25) is 4.79 Å². The number of carbonyl (C=O) groups excluding carboxylic acids is 1. The molecule has 0 atom stereocenters. The first kappa shape index (κ1) is 22.7. The number of aromatic nitrogens is 1. The largest absolute Gasteiger partial charge is 0.308 e. The van der Waals surface area contributed by atoms with Crippen LogP contribution in [0.15, 0.2) is 34.2 Å². The molecule has 5 rings (SSSR count). The Morgan fingerprint density at radius 3 is 2.71 bits per heavy atom. The maximum Gasteiger partial charge on any atom is 0.264 e. The Kier molecular flexibility index (Phi) is 5.97. The SMILES string of the molecule is Cc1ccc(N=C2NC(=O)/C(=C/c3cc(C)n(-c4sc5c(c4C#N)CCCC5)c3C)S2)c(C)c1. The molecule has 1 saturated heterocycles. The van der Waals surface area contributed by atoms with Crippen molar-refractivity contribution in [2.75, 3.05) is 0 Å². The van der Waals surface area contributed by atoms with Crippen LogP contribution in [0.1, 0.15) is 56.9 Å². The average Bonchev–Trinajstić information content (AvgIpc) is 3.43. The number of thiophene rings is 1. The van der Waals surface area contributed by atoms with Crippen LogP contribution in [-0.4, -0.2) is 15.6 Å². The molecule has 1 aliphatic carbocycles. The van der Waals surface area contributed by atoms with Gasteiger partial charge in [0.15, 0.2) is 5.17 Å². The van der Waals surface area contributed by atoms with E-state index in [1.54, 1.807) is 11.3 Å². The van der Waals surface area contributed by atoms with Gasteiger partial charge in [0, 0.05) is 16.3 Å². The lowest BCUT2D eigenvalue weighted by Gasteiger charge is -2.10. The number of nitrogens with one attached hydrogen (secondary N) is 1. The molecule has 0 unspecified atom stereocenters. The number of thioether (sulfide) groups is 1. The average molecular weight is 487 g/mol. The Balaban J connectivity index is 1.49. The summed E-state index contributed by atoms with van der Waals surface area (Å²) in [5.74, 6) is -0.136. The third kappa shape index (κ3) is 4.02. The Bertz CT molecular complexity index is 1430. The Labute approximate surface area is 208 Å². The maximum absolute atomic E-state index is 12.7. The molecule has 2 aliphatic rings. The fraction of sp³-hybridized carbons (Fsp3) is 0.296. The zero-order valence-corrected chi connectivity index (χ0v) is 21.4. The van der Waals surface area contributed by atoms with E-state index < -0.39 is 0 Å². The van der Waals surface area contributed by atoms with E-state index in [0.717, 1.165) is 58.0 Å². The fourth-order valence-electron chi connectivity index (χ4n) is 4.73. The molecule has 3 aromatic rings. The first-order valence-corrected chi connectivity index (χ1v) is 13.1. The van der Waals surface area contributed by atoms with Crippen molar-refractivity contribution in [1.29, 1.82) is 5.26 Å². The van der Waals surface area contributed by atoms with E-state index in [0.29, 0.717) is 10.1 Å². The van der Waals surface area contributed by atoms with E-state index >= 15 is 0 Å². The minimum atomic E-state index is -0.136. The maximum atomic E-state index is 12.7. The van der Waals surface area contributed by atoms with Crippen molar-refractivity contribution in [2.24, 2.45) is 4.99 Å². The molecule has 1 fully saturated rings. The van der Waals surface area contributed by atoms with Crippen molar-refractivity contribution in [1.82, 2.24) is 9.88 Å². The molecule has 34 heavy (non-hydrogen) atoms. The van der Waals surface area contributed by atoms with Gasteiger partial charge in [0.05, 0.1) is 16.2 Å². The number of amides is 1. The topological polar surface area (TPSA) is 70.2 Å². The van der Waals surface area contributed by atoms with Crippen molar-refractivity contribution >= 4 is 45.9 Å². The number of aryl methyl sites for hydroxylation is 4. The number of amidine groups is 1. The molecule has 1 N–H and O–H groups in total. The summed E-state index contributed by atoms with van der Waals surface area (Å²) in [6, 6.07) is 10.7. The van der Waals surface area contributed by atoms with Gasteiger partial charge in [0.2, 0.25) is 0 Å². The van der Waals surface area contributed by atoms with Gasteiger partial charge >= 0.3 is 0 Å². The lowest BCUT2D eigenvalue weighted by atomic mass is 9.96. The number of carbonyl (C=O) groups is 1. The molecular formula is C27H26N4OS2. The summed E-state index contributed by atoms with van der Waals surface area (Å²) in [6.45, 7) is 8.20. The molecule has 5 nitrogen and oxygen atoms in total. The van der Waals surface area contributed by atoms with Gasteiger partial charge in [-0.05, 0) is 100 Å². The van der Waals surface area contributed by atoms with Gasteiger partial charge in [-0.2, -0.15) is 5.26 Å². The summed E-state index contributed by atoms with van der Waals surface area (Å²) in [5.41, 5.74) is 8.26. The zero-order valence-electron chi connectivity index (χ0n) is 19.8. The van der Waals surface area contributed by atoms with Crippen LogP contribution in [0.5, 0.6) is 0 Å². The fourth-order valence-corrected chi connectivity index (χ4v) is 7.01. The van der Waals surface area contributed by atoms with Crippen molar-refractivity contribution < 1.29 is 4.79 Å². The number of hydrogen-bond acceptors (Lipinski definition) is 5. The van der Waals surface area contributed by atoms with E-state index in [9.17, 15) is 10.1 Å². The normalized spacial score (nSPS) is 17.8. The van der Waals surface area contributed by atoms with Gasteiger partial charge in [0.25, 0.3) is 5.91 Å². The first-order valence-electron chi connectivity index (χ1n) is 11.5. The summed E-state index contributed by atoms with van der Waals surface area (Å²) in [4.78, 5) is 19.3. The van der Waals surface area contributed by atoms with Crippen molar-refractivity contribution in [3.05, 3.63) is 73.3 Å². The van der Waals surface area contributed by atoms with Crippen LogP contribution in [0.4, 0.5) is 5.69 Å². The predicted molar refractivity (Wildman–Crippen MR) is 141 cm³/mol. The quantitative estimate of drug-likeness (QED) is 0.435. The van der Waals surface area contributed by atoms with Crippen LogP contribution in [0.2, 0.25) is 0 Å². The van der Waals surface area contributed by atoms with Crippen LogP contribution in [0.25, 0.3) is 11.1 Å². The Morgan fingerprint density at radius 2 is 1.94 bits per heavy atom. The van der Waals surface area contributed by atoms with Gasteiger partial charge in [-0.1, -0.05) is 17.7 Å². The summed E-state index contributed by atoms with van der Waals surface area (Å²) >= 11 is 3.11. The van der Waals surface area contributed by atoms with Gasteiger partial charge in [0.1, 0.15) is 11.1 Å². The summed E-state index contributed by atoms with van der Waals surface area (Å²) in [6.07, 6.45) is 6.33. The molecule has 0 radical (unpaired) electrons. The van der Waals surface area contributed by atoms with Crippen LogP contribution < -0.4 is 5.32 Å². The number of hydrogen-bond donors (Lipinski definition) is 1. The molecule has 7 heteroatoms. The molecule has 2 aromatic heterocycles. The standard InChI is InChI=1S/C27H26N4OS2/c1-15-9-10-22(16(2)11-15)29-27-30-25(32)24(34-27)13-19-12-17(3)31(18(19)4)26-21(14-28)20-7-5-6-8-23(20)33-26/h9-13H,5-8H2,1-4H3,(H,29,30,32)/b24-13-. The smallest absolute Gasteiger partial charge is 0.264 e. The highest BCUT2D eigenvalue weighted by Gasteiger charge is 2.26. The van der Waals surface area contributed by atoms with Crippen molar-refractivity contribution in [3.63, 3.8) is 0 Å². The van der Waals surface area contributed by atoms with Crippen molar-refractivity contribution in [2.45, 2.75) is 53.4 Å². The minimum absolute atomic E-state index is 0.136. The molecule has 1 amide bonds. The first-order chi connectivity index (χ1) is 16.4. The van der Waals surface area contributed by atoms with Crippen LogP contribution >= 0.6 is 23.1 Å². The van der Waals surface area contributed by atoms with E-state index in [1.165, 1.54) is 34.2 Å². The van der Waals surface area contributed by atoms with E-state index in [4.69, 9.17) is 0 Å². The monoisotopic (exact) mass is 486 g/mol. The minimum Gasteiger partial charge on any atom is -0.308 e. The second-order valence-electron chi connectivity index (χ2n) is 8.94. The molecule has 0 bridgehead atoms. The Hall–Kier alpha value is -3.08. The number of fused-ring (bicyclic) bond motifs is 1. The van der Waals surface area contributed by atoms with E-state index in [-0.39, 0.29) is 5.91 Å². The van der Waals surface area contributed by atoms with Gasteiger partial charge in [-0.25, -0.2) is 4.99 Å². The molecular weight excluding hydrogens is 460 g/mol. The van der Waals surface area contributed by atoms with Crippen LogP contribution in [-0.2, 0) is 17.6 Å². The summed E-state index contributed by atoms with van der Waals surface area (Å²) in [7, 11) is 0. The molecule has 3 heterocycles. The van der Waals surface area contributed by atoms with Gasteiger partial charge < -0.3 is 9.88 Å². The number of nitrogens with zero attached hydrogens (tertiary/aromatic N) is 3. The highest BCUT2D eigenvalue weighted by atomic mass is 32.2. The second-order valence-corrected chi connectivity index (χ2v) is 11.1. The van der Waals surface area contributed by atoms with E-state index in [1.807, 2.05) is 25.1 Å². The lowest BCUT2D eigenvalue weighted by molar-refractivity contribution is -0.115. The third-order valence-electron chi connectivity index (χ3n) is 6.45. The number of nitriles is 1. The molecule has 0 spiro atoms. The molecule has 1 aromatic carbocycles. The number of benzene rings is 1. The summed E-state index contributed by atoms with van der Waals surface area (Å²) < 4.78 is 2.18. The summed E-state index contributed by atoms with van der Waals surface area (Å²) in [5, 5.41) is 14.4. The highest BCUT2D eigenvalue weighted by Crippen LogP contribution is 2.39. The van der Waals surface area contributed by atoms with Gasteiger partial charge in [-0.15, -0.1) is 11.3 Å². The number of rotatable bonds is 3. The molecule has 0 saturated carbocycles. The lowest BCUT2D eigenvalue weighted by Crippen LogP contribution is -2.19. The molecule has 1 aliphatic heterocycles. The van der Waals surface area contributed by atoms with Crippen LogP contribution in [0.3, 0.4) is 0 Å². The van der Waals surface area contributed by atoms with Crippen LogP contribution in [0, 0.1) is 39.0 Å². The van der Waals surface area contributed by atoms with E-state index in [2.05, 4.69) is 53.8 Å². The Morgan fingerprint density at radius 1 is 1.15 bits per heavy atom. The molecule has 172 valence electrons. The predicted octanol–water partition coefficient (Wildman–Crippen LogP) is 6.41. The second kappa shape index (κ2) is 8.94. The highest BCUT2D eigenvalue weighted by molar-refractivity contribution is 8.18. The zero-order chi connectivity index (χ0) is 24.0. The third-order valence-corrected chi connectivity index (χ3v) is 8.64. The van der Waals surface area contributed by atoms with Crippen molar-refractivity contribution in [3.8, 4) is 11.1 Å².